The van der Waals surface area contributed by atoms with E-state index in [-0.39, 0.29) is 28.0 Å². The summed E-state index contributed by atoms with van der Waals surface area (Å²) in [6.07, 6.45) is -0.0658. The summed E-state index contributed by atoms with van der Waals surface area (Å²) in [6, 6.07) is 6.83. The number of methoxy groups -OCH3 is 3. The maximum absolute atomic E-state index is 14.4. The van der Waals surface area contributed by atoms with E-state index in [2.05, 4.69) is 9.73 Å². The van der Waals surface area contributed by atoms with Crippen molar-refractivity contribution < 1.29 is 32.6 Å². The Morgan fingerprint density at radius 1 is 1.07 bits per heavy atom. The molecule has 0 aliphatic carbocycles. The molecule has 0 radical (unpaired) electrons. The highest BCUT2D eigenvalue weighted by Gasteiger charge is 2.17. The van der Waals surface area contributed by atoms with Gasteiger partial charge < -0.3 is 18.8 Å². The molecule has 1 aromatic heterocycles. The first-order chi connectivity index (χ1) is 14.4. The van der Waals surface area contributed by atoms with E-state index in [9.17, 15) is 18.4 Å². The number of ether oxygens (including phenoxy) is 3. The summed E-state index contributed by atoms with van der Waals surface area (Å²) >= 11 is 0.900. The summed E-state index contributed by atoms with van der Waals surface area (Å²) < 4.78 is 44.4. The van der Waals surface area contributed by atoms with Crippen LogP contribution >= 0.6 is 11.3 Å². The number of carbonyl (C=O) groups is 2. The first-order valence-electron chi connectivity index (χ1n) is 8.70. The van der Waals surface area contributed by atoms with Crippen molar-refractivity contribution in [3.63, 3.8) is 0 Å². The zero-order chi connectivity index (χ0) is 21.8. The predicted molar refractivity (Wildman–Crippen MR) is 106 cm³/mol. The van der Waals surface area contributed by atoms with E-state index in [0.29, 0.717) is 23.1 Å². The fourth-order valence-electron chi connectivity index (χ4n) is 2.87. The molecular formula is C20H18F2N2O5S. The number of amides is 1. The number of halogens is 2. The Balaban J connectivity index is 2.02. The Kier molecular flexibility index (Phi) is 6.46. The Morgan fingerprint density at radius 3 is 2.47 bits per heavy atom. The average Bonchev–Trinajstić information content (AvgIpc) is 3.04. The van der Waals surface area contributed by atoms with Crippen LogP contribution in [0.15, 0.2) is 35.3 Å². The van der Waals surface area contributed by atoms with Crippen LogP contribution in [0.3, 0.4) is 0 Å². The molecule has 30 heavy (non-hydrogen) atoms. The summed E-state index contributed by atoms with van der Waals surface area (Å²) in [6.45, 7) is -0.373. The molecule has 10 heteroatoms. The highest BCUT2D eigenvalue weighted by atomic mass is 32.1. The van der Waals surface area contributed by atoms with Gasteiger partial charge in [0.15, 0.2) is 22.1 Å². The van der Waals surface area contributed by atoms with E-state index >= 15 is 0 Å². The standard InChI is InChI=1S/C20H18F2N2O5S/c1-27-14-5-4-11(6-15(14)28-2)7-17(25)23-20-24(10-18(26)29-3)19-13(22)8-12(21)9-16(19)30-20/h4-6,8-9H,7,10H2,1-3H3. The Hall–Kier alpha value is -3.27. The molecule has 1 heterocycles. The first kappa shape index (κ1) is 21.4. The summed E-state index contributed by atoms with van der Waals surface area (Å²) in [5, 5.41) is 0. The number of benzene rings is 2. The van der Waals surface area contributed by atoms with Crippen LogP contribution in [0.25, 0.3) is 10.2 Å². The number of aromatic nitrogens is 1. The molecule has 2 aromatic carbocycles. The fraction of sp³-hybridized carbons (Fsp3) is 0.250. The molecule has 0 unspecified atom stereocenters. The number of thiazole rings is 1. The Morgan fingerprint density at radius 2 is 1.80 bits per heavy atom. The number of hydrogen-bond donors (Lipinski definition) is 0. The van der Waals surface area contributed by atoms with Crippen molar-refractivity contribution in [1.82, 2.24) is 4.57 Å². The molecule has 1 amide bonds. The smallest absolute Gasteiger partial charge is 0.325 e. The molecule has 158 valence electrons. The molecule has 3 aromatic rings. The lowest BCUT2D eigenvalue weighted by molar-refractivity contribution is -0.141. The summed E-state index contributed by atoms with van der Waals surface area (Å²) in [5.74, 6) is -1.85. The number of hydrogen-bond acceptors (Lipinski definition) is 6. The third kappa shape index (κ3) is 4.48. The van der Waals surface area contributed by atoms with Crippen molar-refractivity contribution in [1.29, 1.82) is 0 Å². The largest absolute Gasteiger partial charge is 0.493 e. The first-order valence-corrected chi connectivity index (χ1v) is 9.51. The minimum absolute atomic E-state index is 0.0236. The maximum atomic E-state index is 14.4. The molecule has 0 saturated heterocycles. The van der Waals surface area contributed by atoms with Crippen molar-refractivity contribution >= 4 is 33.4 Å². The lowest BCUT2D eigenvalue weighted by Crippen LogP contribution is -2.23. The van der Waals surface area contributed by atoms with Gasteiger partial charge in [-0.05, 0) is 23.8 Å². The minimum Gasteiger partial charge on any atom is -0.493 e. The topological polar surface area (TPSA) is 79.1 Å². The monoisotopic (exact) mass is 436 g/mol. The maximum Gasteiger partial charge on any atom is 0.325 e. The van der Waals surface area contributed by atoms with E-state index in [1.807, 2.05) is 0 Å². The third-order valence-corrected chi connectivity index (χ3v) is 5.26. The quantitative estimate of drug-likeness (QED) is 0.556. The van der Waals surface area contributed by atoms with Crippen LogP contribution in [0.5, 0.6) is 11.5 Å². The lowest BCUT2D eigenvalue weighted by Gasteiger charge is -2.08. The van der Waals surface area contributed by atoms with Crippen LogP contribution in [0.4, 0.5) is 8.78 Å². The molecule has 3 rings (SSSR count). The molecular weight excluding hydrogens is 418 g/mol. The van der Waals surface area contributed by atoms with Gasteiger partial charge in [0.1, 0.15) is 12.4 Å². The van der Waals surface area contributed by atoms with Crippen LogP contribution < -0.4 is 14.3 Å². The van der Waals surface area contributed by atoms with Crippen molar-refractivity contribution in [2.24, 2.45) is 4.99 Å². The minimum atomic E-state index is -0.862. The SMILES string of the molecule is COC(=O)Cn1c(=NC(=O)Cc2ccc(OC)c(OC)c2)sc2cc(F)cc(F)c21. The molecule has 0 fully saturated rings. The molecule has 0 bridgehead atoms. The predicted octanol–water partition coefficient (Wildman–Crippen LogP) is 2.84. The fourth-order valence-corrected chi connectivity index (χ4v) is 3.95. The highest BCUT2D eigenvalue weighted by Crippen LogP contribution is 2.28. The molecule has 0 atom stereocenters. The van der Waals surface area contributed by atoms with E-state index in [0.717, 1.165) is 17.4 Å². The number of nitrogens with zero attached hydrogens (tertiary/aromatic N) is 2. The second kappa shape index (κ2) is 9.04. The second-order valence-corrected chi connectivity index (χ2v) is 7.16. The van der Waals surface area contributed by atoms with Gasteiger partial charge in [-0.15, -0.1) is 0 Å². The summed E-state index contributed by atoms with van der Waals surface area (Å²) in [5.41, 5.74) is 0.601. The Bertz CT molecular complexity index is 1190. The van der Waals surface area contributed by atoms with Crippen molar-refractivity contribution in [2.75, 3.05) is 21.3 Å². The summed E-state index contributed by atoms with van der Waals surface area (Å²) in [4.78, 5) is 28.4. The van der Waals surface area contributed by atoms with Crippen molar-refractivity contribution in [3.05, 3.63) is 52.3 Å². The van der Waals surface area contributed by atoms with E-state index in [1.165, 1.54) is 25.9 Å². The van der Waals surface area contributed by atoms with Crippen LogP contribution in [0.1, 0.15) is 5.56 Å². The number of rotatable bonds is 6. The molecule has 0 aliphatic heterocycles. The van der Waals surface area contributed by atoms with Crippen LogP contribution in [0.2, 0.25) is 0 Å². The van der Waals surface area contributed by atoms with Gasteiger partial charge in [0.25, 0.3) is 5.91 Å². The zero-order valence-electron chi connectivity index (χ0n) is 16.4. The molecule has 0 spiro atoms. The number of esters is 1. The van der Waals surface area contributed by atoms with Gasteiger partial charge in [0.2, 0.25) is 0 Å². The second-order valence-electron chi connectivity index (χ2n) is 6.15. The lowest BCUT2D eigenvalue weighted by atomic mass is 10.1. The van der Waals surface area contributed by atoms with Crippen LogP contribution in [-0.4, -0.2) is 37.8 Å². The van der Waals surface area contributed by atoms with E-state index in [4.69, 9.17) is 9.47 Å². The van der Waals surface area contributed by atoms with Gasteiger partial charge in [-0.1, -0.05) is 17.4 Å². The van der Waals surface area contributed by atoms with Crippen LogP contribution in [0, 0.1) is 11.6 Å². The van der Waals surface area contributed by atoms with Gasteiger partial charge in [-0.2, -0.15) is 4.99 Å². The highest BCUT2D eigenvalue weighted by molar-refractivity contribution is 7.16. The van der Waals surface area contributed by atoms with E-state index in [1.54, 1.807) is 18.2 Å². The number of fused-ring (bicyclic) bond motifs is 1. The van der Waals surface area contributed by atoms with Crippen molar-refractivity contribution in [3.8, 4) is 11.5 Å². The average molecular weight is 436 g/mol. The van der Waals surface area contributed by atoms with Gasteiger partial charge in [-0.3, -0.25) is 9.59 Å². The third-order valence-electron chi connectivity index (χ3n) is 4.23. The van der Waals surface area contributed by atoms with Gasteiger partial charge in [0.05, 0.1) is 38.0 Å². The normalized spacial score (nSPS) is 11.6. The van der Waals surface area contributed by atoms with Gasteiger partial charge in [-0.25, -0.2) is 8.78 Å². The molecule has 0 aliphatic rings. The zero-order valence-corrected chi connectivity index (χ0v) is 17.2. The molecule has 7 nitrogen and oxygen atoms in total. The van der Waals surface area contributed by atoms with E-state index < -0.39 is 23.5 Å². The van der Waals surface area contributed by atoms with Gasteiger partial charge in [0, 0.05) is 6.07 Å². The van der Waals surface area contributed by atoms with Crippen LogP contribution in [-0.2, 0) is 27.3 Å². The number of carbonyl (C=O) groups excluding carboxylic acids is 2. The van der Waals surface area contributed by atoms with Crippen molar-refractivity contribution in [2.45, 2.75) is 13.0 Å². The molecule has 0 N–H and O–H groups in total. The Labute approximate surface area is 174 Å². The summed E-state index contributed by atoms with van der Waals surface area (Å²) in [7, 11) is 4.17. The van der Waals surface area contributed by atoms with Gasteiger partial charge >= 0.3 is 5.97 Å². The molecule has 0 saturated carbocycles.